The molecule has 0 bridgehead atoms. The zero-order valence-electron chi connectivity index (χ0n) is 8.81. The molecule has 76 valence electrons. The molecule has 0 aromatic heterocycles. The van der Waals surface area contributed by atoms with Gasteiger partial charge in [0.05, 0.1) is 0 Å². The maximum absolute atomic E-state index is 10.7. The van der Waals surface area contributed by atoms with E-state index in [0.29, 0.717) is 0 Å². The maximum Gasteiger partial charge on any atom is 0.209 e. The number of nitrogens with zero attached hydrogens (tertiary/aromatic N) is 1. The summed E-state index contributed by atoms with van der Waals surface area (Å²) in [6.07, 6.45) is 1.85. The molecular formula is C12H17NO. The number of amides is 1. The summed E-state index contributed by atoms with van der Waals surface area (Å²) in [5.74, 6) is 0. The molecule has 14 heavy (non-hydrogen) atoms. The van der Waals surface area contributed by atoms with Crippen LogP contribution in [0, 0.1) is 0 Å². The molecular weight excluding hydrogens is 174 g/mol. The molecule has 1 aromatic rings. The van der Waals surface area contributed by atoms with Crippen molar-refractivity contribution in [3.05, 3.63) is 35.9 Å². The van der Waals surface area contributed by atoms with Crippen molar-refractivity contribution in [2.24, 2.45) is 0 Å². The highest BCUT2D eigenvalue weighted by molar-refractivity contribution is 5.47. The summed E-state index contributed by atoms with van der Waals surface area (Å²) in [6, 6.07) is 10.5. The molecule has 0 saturated carbocycles. The van der Waals surface area contributed by atoms with Crippen molar-refractivity contribution in [3.8, 4) is 0 Å². The smallest absolute Gasteiger partial charge is 0.209 e. The molecule has 0 radical (unpaired) electrons. The number of carbonyl (C=O) groups is 1. The first-order chi connectivity index (χ1) is 6.74. The second-order valence-electron chi connectivity index (χ2n) is 3.67. The Morgan fingerprint density at radius 2 is 1.93 bits per heavy atom. The molecule has 1 rings (SSSR count). The summed E-state index contributed by atoms with van der Waals surface area (Å²) in [6.45, 7) is 4.85. The van der Waals surface area contributed by atoms with Crippen molar-refractivity contribution in [2.45, 2.75) is 26.3 Å². The zero-order chi connectivity index (χ0) is 10.4. The average molecular weight is 191 g/mol. The molecule has 2 nitrogen and oxygen atoms in total. The van der Waals surface area contributed by atoms with Gasteiger partial charge in [-0.1, -0.05) is 30.3 Å². The molecule has 0 unspecified atom stereocenters. The normalized spacial score (nSPS) is 10.2. The van der Waals surface area contributed by atoms with Crippen LogP contribution in [0.15, 0.2) is 30.3 Å². The molecule has 0 saturated heterocycles. The lowest BCUT2D eigenvalue weighted by Gasteiger charge is -2.21. The van der Waals surface area contributed by atoms with Gasteiger partial charge >= 0.3 is 0 Å². The third kappa shape index (κ3) is 3.21. The monoisotopic (exact) mass is 191 g/mol. The number of hydrogen-bond acceptors (Lipinski definition) is 1. The minimum absolute atomic E-state index is 0.288. The summed E-state index contributed by atoms with van der Waals surface area (Å²) >= 11 is 0. The van der Waals surface area contributed by atoms with Crippen LogP contribution in [0.2, 0.25) is 0 Å². The highest BCUT2D eigenvalue weighted by Crippen LogP contribution is 2.02. The van der Waals surface area contributed by atoms with Crippen LogP contribution in [0.3, 0.4) is 0 Å². The predicted molar refractivity (Wildman–Crippen MR) is 58.1 cm³/mol. The Balaban J connectivity index is 2.43. The van der Waals surface area contributed by atoms with E-state index in [2.05, 4.69) is 12.1 Å². The highest BCUT2D eigenvalue weighted by Gasteiger charge is 2.05. The van der Waals surface area contributed by atoms with Gasteiger partial charge in [0.1, 0.15) is 0 Å². The van der Waals surface area contributed by atoms with Crippen molar-refractivity contribution >= 4 is 6.41 Å². The molecule has 0 aliphatic heterocycles. The summed E-state index contributed by atoms with van der Waals surface area (Å²) in [7, 11) is 0. The first-order valence-electron chi connectivity index (χ1n) is 4.99. The SMILES string of the molecule is CC(C)N(C=O)CCc1ccccc1. The first kappa shape index (κ1) is 10.8. The van der Waals surface area contributed by atoms with E-state index in [9.17, 15) is 4.79 Å². The molecule has 1 aromatic carbocycles. The molecule has 0 spiro atoms. The standard InChI is InChI=1S/C12H17NO/c1-11(2)13(10-14)9-8-12-6-4-3-5-7-12/h3-7,10-11H,8-9H2,1-2H3. The van der Waals surface area contributed by atoms with Crippen molar-refractivity contribution < 1.29 is 4.79 Å². The quantitative estimate of drug-likeness (QED) is 0.653. The van der Waals surface area contributed by atoms with Gasteiger partial charge in [0.15, 0.2) is 0 Å². The van der Waals surface area contributed by atoms with Gasteiger partial charge in [-0.3, -0.25) is 4.79 Å². The van der Waals surface area contributed by atoms with E-state index in [-0.39, 0.29) is 6.04 Å². The fourth-order valence-electron chi connectivity index (χ4n) is 1.34. The Bertz CT molecular complexity index is 269. The fraction of sp³-hybridized carbons (Fsp3) is 0.417. The molecule has 0 heterocycles. The van der Waals surface area contributed by atoms with Crippen molar-refractivity contribution in [2.75, 3.05) is 6.54 Å². The average Bonchev–Trinajstić information content (AvgIpc) is 2.20. The molecule has 0 aliphatic carbocycles. The number of carbonyl (C=O) groups excluding carboxylic acids is 1. The van der Waals surface area contributed by atoms with Gasteiger partial charge in [-0.2, -0.15) is 0 Å². The second-order valence-corrected chi connectivity index (χ2v) is 3.67. The van der Waals surface area contributed by atoms with Crippen LogP contribution >= 0.6 is 0 Å². The summed E-state index contributed by atoms with van der Waals surface area (Å²) in [4.78, 5) is 12.5. The zero-order valence-corrected chi connectivity index (χ0v) is 8.81. The number of hydrogen-bond donors (Lipinski definition) is 0. The molecule has 0 atom stereocenters. The number of rotatable bonds is 5. The lowest BCUT2D eigenvalue weighted by atomic mass is 10.1. The van der Waals surface area contributed by atoms with Crippen LogP contribution in [0.25, 0.3) is 0 Å². The highest BCUT2D eigenvalue weighted by atomic mass is 16.1. The van der Waals surface area contributed by atoms with E-state index in [1.54, 1.807) is 0 Å². The lowest BCUT2D eigenvalue weighted by molar-refractivity contribution is -0.119. The minimum Gasteiger partial charge on any atom is -0.343 e. The van der Waals surface area contributed by atoms with E-state index < -0.39 is 0 Å². The Kier molecular flexibility index (Phi) is 4.17. The molecule has 0 aliphatic rings. The topological polar surface area (TPSA) is 20.3 Å². The van der Waals surface area contributed by atoms with E-state index in [4.69, 9.17) is 0 Å². The van der Waals surface area contributed by atoms with Crippen LogP contribution in [0.4, 0.5) is 0 Å². The van der Waals surface area contributed by atoms with Crippen molar-refractivity contribution in [1.29, 1.82) is 0 Å². The van der Waals surface area contributed by atoms with Crippen LogP contribution in [-0.4, -0.2) is 23.9 Å². The van der Waals surface area contributed by atoms with E-state index in [1.165, 1.54) is 5.56 Å². The van der Waals surface area contributed by atoms with Crippen molar-refractivity contribution in [3.63, 3.8) is 0 Å². The Labute approximate surface area is 85.5 Å². The number of benzene rings is 1. The fourth-order valence-corrected chi connectivity index (χ4v) is 1.34. The van der Waals surface area contributed by atoms with E-state index in [1.807, 2.05) is 36.9 Å². The summed E-state index contributed by atoms with van der Waals surface area (Å²) in [5.41, 5.74) is 1.28. The first-order valence-corrected chi connectivity index (χ1v) is 4.99. The Hall–Kier alpha value is -1.31. The van der Waals surface area contributed by atoms with Gasteiger partial charge in [0.2, 0.25) is 6.41 Å². The van der Waals surface area contributed by atoms with Gasteiger partial charge in [0.25, 0.3) is 0 Å². The lowest BCUT2D eigenvalue weighted by Crippen LogP contribution is -2.31. The van der Waals surface area contributed by atoms with Crippen LogP contribution in [0.1, 0.15) is 19.4 Å². The van der Waals surface area contributed by atoms with E-state index in [0.717, 1.165) is 19.4 Å². The van der Waals surface area contributed by atoms with Gasteiger partial charge in [-0.15, -0.1) is 0 Å². The van der Waals surface area contributed by atoms with Gasteiger partial charge in [-0.05, 0) is 25.8 Å². The molecule has 1 amide bonds. The third-order valence-corrected chi connectivity index (χ3v) is 2.30. The van der Waals surface area contributed by atoms with Crippen LogP contribution in [0.5, 0.6) is 0 Å². The summed E-state index contributed by atoms with van der Waals surface area (Å²) in [5, 5.41) is 0. The molecule has 2 heteroatoms. The Morgan fingerprint density at radius 3 is 2.43 bits per heavy atom. The van der Waals surface area contributed by atoms with Gasteiger partial charge in [0, 0.05) is 12.6 Å². The Morgan fingerprint density at radius 1 is 1.29 bits per heavy atom. The van der Waals surface area contributed by atoms with Gasteiger partial charge < -0.3 is 4.90 Å². The predicted octanol–water partition coefficient (Wildman–Crippen LogP) is 2.10. The molecule has 0 N–H and O–H groups in total. The minimum atomic E-state index is 0.288. The van der Waals surface area contributed by atoms with Crippen molar-refractivity contribution in [1.82, 2.24) is 4.90 Å². The largest absolute Gasteiger partial charge is 0.343 e. The third-order valence-electron chi connectivity index (χ3n) is 2.30. The van der Waals surface area contributed by atoms with E-state index >= 15 is 0 Å². The summed E-state index contributed by atoms with van der Waals surface area (Å²) < 4.78 is 0. The van der Waals surface area contributed by atoms with Crippen LogP contribution in [-0.2, 0) is 11.2 Å². The molecule has 0 fully saturated rings. The van der Waals surface area contributed by atoms with Crippen LogP contribution < -0.4 is 0 Å². The maximum atomic E-state index is 10.7. The second kappa shape index (κ2) is 5.43. The van der Waals surface area contributed by atoms with Gasteiger partial charge in [-0.25, -0.2) is 0 Å².